The number of ether oxygens (including phenoxy) is 1. The second-order valence-electron chi connectivity index (χ2n) is 5.00. The van der Waals surface area contributed by atoms with Crippen LogP contribution in [0.25, 0.3) is 31.1 Å². The number of aliphatic hydroxyl groups excluding tert-OH is 2. The van der Waals surface area contributed by atoms with Gasteiger partial charge in [-0.05, 0) is 16.4 Å². The third-order valence-corrected chi connectivity index (χ3v) is 4.78. The minimum atomic E-state index is -1.95. The first kappa shape index (κ1) is 16.2. The first-order valence-electron chi connectivity index (χ1n) is 6.62. The van der Waals surface area contributed by atoms with E-state index in [1.54, 1.807) is 5.38 Å². The quantitative estimate of drug-likeness (QED) is 0.422. The van der Waals surface area contributed by atoms with Crippen molar-refractivity contribution in [3.05, 3.63) is 38.2 Å². The van der Waals surface area contributed by atoms with Gasteiger partial charge in [0.1, 0.15) is 18.2 Å². The Balaban J connectivity index is 2.15. The summed E-state index contributed by atoms with van der Waals surface area (Å²) in [5, 5.41) is 28.5. The van der Waals surface area contributed by atoms with Crippen LogP contribution < -0.4 is 5.73 Å². The number of nitrogens with two attached hydrogens (primary N) is 1. The van der Waals surface area contributed by atoms with E-state index >= 15 is 0 Å². The number of azide groups is 2. The zero-order valence-corrected chi connectivity index (χ0v) is 12.8. The highest BCUT2D eigenvalue weighted by atomic mass is 32.1. The summed E-state index contributed by atoms with van der Waals surface area (Å²) < 4.78 is 6.24. The summed E-state index contributed by atoms with van der Waals surface area (Å²) >= 11 is 1.26. The lowest BCUT2D eigenvalue weighted by atomic mass is 9.98. The second-order valence-corrected chi connectivity index (χ2v) is 5.88. The number of nitrogens with zero attached hydrogens (tertiary/aromatic N) is 8. The lowest BCUT2D eigenvalue weighted by molar-refractivity contribution is -0.107. The Morgan fingerprint density at radius 2 is 2.21 bits per heavy atom. The normalized spacial score (nSPS) is 29.2. The Morgan fingerprint density at radius 1 is 1.42 bits per heavy atom. The topological polar surface area (TPSA) is 199 Å². The van der Waals surface area contributed by atoms with E-state index in [1.807, 2.05) is 0 Å². The van der Waals surface area contributed by atoms with E-state index in [0.29, 0.717) is 15.8 Å². The molecule has 0 spiro atoms. The van der Waals surface area contributed by atoms with Crippen LogP contribution in [-0.4, -0.2) is 44.7 Å². The van der Waals surface area contributed by atoms with Gasteiger partial charge >= 0.3 is 0 Å². The van der Waals surface area contributed by atoms with Crippen LogP contribution >= 0.6 is 11.3 Å². The molecular weight excluding hydrogens is 338 g/mol. The first-order chi connectivity index (χ1) is 11.6. The van der Waals surface area contributed by atoms with Crippen molar-refractivity contribution < 1.29 is 14.9 Å². The average Bonchev–Trinajstić information content (AvgIpc) is 3.11. The minimum absolute atomic E-state index is 0.276. The van der Waals surface area contributed by atoms with Gasteiger partial charge in [-0.2, -0.15) is 0 Å². The van der Waals surface area contributed by atoms with Crippen LogP contribution in [0.5, 0.6) is 0 Å². The summed E-state index contributed by atoms with van der Waals surface area (Å²) in [5.41, 5.74) is 22.3. The number of hydrogen-bond acceptors (Lipinski definition) is 9. The van der Waals surface area contributed by atoms with Crippen molar-refractivity contribution in [1.82, 2.24) is 9.97 Å². The van der Waals surface area contributed by atoms with Gasteiger partial charge < -0.3 is 20.7 Å². The monoisotopic (exact) mass is 349 g/mol. The smallest absolute Gasteiger partial charge is 0.196 e. The van der Waals surface area contributed by atoms with Gasteiger partial charge in [0.25, 0.3) is 0 Å². The van der Waals surface area contributed by atoms with Crippen molar-refractivity contribution in [2.75, 3.05) is 12.3 Å². The number of nitrogen functional groups attached to an aromatic ring is 1. The van der Waals surface area contributed by atoms with Crippen LogP contribution in [-0.2, 0) is 4.74 Å². The SMILES string of the molecule is [N-]=[N+]=NC1[C@H](c2csc3c(N)ncnc23)OC(CO)(N=[N+]=[N-])[C@H]1O. The molecule has 4 N–H and O–H groups in total. The predicted octanol–water partition coefficient (Wildman–Crippen LogP) is 1.38. The maximum Gasteiger partial charge on any atom is 0.196 e. The van der Waals surface area contributed by atoms with Gasteiger partial charge in [-0.25, -0.2) is 9.97 Å². The van der Waals surface area contributed by atoms with E-state index in [9.17, 15) is 10.2 Å². The molecule has 4 atom stereocenters. The molecule has 1 saturated heterocycles. The summed E-state index contributed by atoms with van der Waals surface area (Å²) in [7, 11) is 0. The number of fused-ring (bicyclic) bond motifs is 1. The van der Waals surface area contributed by atoms with Gasteiger partial charge in [0.2, 0.25) is 0 Å². The lowest BCUT2D eigenvalue weighted by Gasteiger charge is -2.24. The Morgan fingerprint density at radius 3 is 2.88 bits per heavy atom. The summed E-state index contributed by atoms with van der Waals surface area (Å²) in [6.07, 6.45) is -1.24. The van der Waals surface area contributed by atoms with Gasteiger partial charge in [-0.15, -0.1) is 11.3 Å². The molecule has 0 saturated carbocycles. The highest BCUT2D eigenvalue weighted by molar-refractivity contribution is 7.17. The number of rotatable bonds is 4. The van der Waals surface area contributed by atoms with Crippen molar-refractivity contribution >= 4 is 27.4 Å². The summed E-state index contributed by atoms with van der Waals surface area (Å²) in [4.78, 5) is 13.3. The predicted molar refractivity (Wildman–Crippen MR) is 83.6 cm³/mol. The zero-order chi connectivity index (χ0) is 17.3. The molecule has 1 fully saturated rings. The van der Waals surface area contributed by atoms with Crippen molar-refractivity contribution in [1.29, 1.82) is 0 Å². The van der Waals surface area contributed by atoms with E-state index in [4.69, 9.17) is 21.5 Å². The van der Waals surface area contributed by atoms with E-state index < -0.39 is 30.6 Å². The summed E-state index contributed by atoms with van der Waals surface area (Å²) in [5.74, 6) is 0.276. The van der Waals surface area contributed by atoms with Crippen LogP contribution in [0, 0.1) is 0 Å². The molecule has 0 bridgehead atoms. The molecule has 0 radical (unpaired) electrons. The van der Waals surface area contributed by atoms with Crippen molar-refractivity contribution in [3.63, 3.8) is 0 Å². The summed E-state index contributed by atoms with van der Waals surface area (Å²) in [6.45, 7) is -0.786. The molecule has 2 aromatic heterocycles. The van der Waals surface area contributed by atoms with E-state index in [-0.39, 0.29) is 5.82 Å². The Hall–Kier alpha value is -2.66. The molecule has 2 unspecified atom stereocenters. The Bertz CT molecular complexity index is 875. The average molecular weight is 349 g/mol. The first-order valence-corrected chi connectivity index (χ1v) is 7.50. The van der Waals surface area contributed by atoms with Crippen molar-refractivity contribution in [3.8, 4) is 0 Å². The number of aromatic nitrogens is 2. The van der Waals surface area contributed by atoms with Gasteiger partial charge in [0.05, 0.1) is 29.0 Å². The molecule has 3 rings (SSSR count). The van der Waals surface area contributed by atoms with Gasteiger partial charge in [0, 0.05) is 15.4 Å². The van der Waals surface area contributed by atoms with Gasteiger partial charge in [-0.3, -0.25) is 0 Å². The van der Waals surface area contributed by atoms with E-state index in [0.717, 1.165) is 0 Å². The van der Waals surface area contributed by atoms with Crippen LogP contribution in [0.4, 0.5) is 5.82 Å². The van der Waals surface area contributed by atoms with Crippen LogP contribution in [0.3, 0.4) is 0 Å². The molecule has 24 heavy (non-hydrogen) atoms. The summed E-state index contributed by atoms with van der Waals surface area (Å²) in [6, 6.07) is -1.12. The molecule has 0 amide bonds. The molecule has 13 heteroatoms. The van der Waals surface area contributed by atoms with Gasteiger partial charge in [0.15, 0.2) is 5.72 Å². The minimum Gasteiger partial charge on any atom is -0.393 e. The van der Waals surface area contributed by atoms with Crippen LogP contribution in [0.15, 0.2) is 21.9 Å². The molecule has 3 heterocycles. The number of hydrogen-bond donors (Lipinski definition) is 3. The van der Waals surface area contributed by atoms with Crippen molar-refractivity contribution in [2.24, 2.45) is 10.2 Å². The molecule has 1 aliphatic heterocycles. The second kappa shape index (κ2) is 6.09. The van der Waals surface area contributed by atoms with Crippen LogP contribution in [0.1, 0.15) is 11.7 Å². The fourth-order valence-electron chi connectivity index (χ4n) is 2.63. The van der Waals surface area contributed by atoms with E-state index in [1.165, 1.54) is 17.7 Å². The van der Waals surface area contributed by atoms with Crippen LogP contribution in [0.2, 0.25) is 0 Å². The molecule has 0 aliphatic carbocycles. The number of thiophene rings is 1. The third kappa shape index (κ3) is 2.29. The Labute approximate surface area is 137 Å². The van der Waals surface area contributed by atoms with E-state index in [2.05, 4.69) is 30.0 Å². The fourth-order valence-corrected chi connectivity index (χ4v) is 3.58. The van der Waals surface area contributed by atoms with Gasteiger partial charge in [-0.1, -0.05) is 10.2 Å². The standard InChI is InChI=1S/C11H11N9O3S/c12-10-8-5(15-3-16-10)4(1-24-8)7-6(17-19-13)9(22)11(2-21,23-7)18-20-14/h1,3,6-7,9,21-22H,2H2,(H2,12,15,16)/t6?,7-,9-,11?/m0/s1. The molecule has 124 valence electrons. The zero-order valence-electron chi connectivity index (χ0n) is 12.0. The number of aliphatic hydroxyl groups is 2. The van der Waals surface area contributed by atoms with Crippen molar-refractivity contribution in [2.45, 2.75) is 24.0 Å². The highest BCUT2D eigenvalue weighted by Crippen LogP contribution is 2.45. The maximum atomic E-state index is 10.4. The fraction of sp³-hybridized carbons (Fsp3) is 0.455. The molecular formula is C11H11N9O3S. The number of anilines is 1. The molecule has 12 nitrogen and oxygen atoms in total. The Kier molecular flexibility index (Phi) is 4.11. The third-order valence-electron chi connectivity index (χ3n) is 3.77. The highest BCUT2D eigenvalue weighted by Gasteiger charge is 2.55. The molecule has 1 aliphatic rings. The maximum absolute atomic E-state index is 10.4. The largest absolute Gasteiger partial charge is 0.393 e. The lowest BCUT2D eigenvalue weighted by Crippen LogP contribution is -2.43. The molecule has 2 aromatic rings. The molecule has 0 aromatic carbocycles.